The van der Waals surface area contributed by atoms with Crippen LogP contribution in [0.5, 0.6) is 5.75 Å². The molecule has 0 aliphatic carbocycles. The van der Waals surface area contributed by atoms with Gasteiger partial charge in [0.25, 0.3) is 0 Å². The zero-order valence-corrected chi connectivity index (χ0v) is 12.7. The van der Waals surface area contributed by atoms with Crippen molar-refractivity contribution in [1.29, 1.82) is 0 Å². The Kier molecular flexibility index (Phi) is 4.08. The van der Waals surface area contributed by atoms with E-state index in [-0.39, 0.29) is 0 Å². The third-order valence-electron chi connectivity index (χ3n) is 2.98. The summed E-state index contributed by atoms with van der Waals surface area (Å²) < 4.78 is 5.68. The number of nitrogen functional groups attached to an aromatic ring is 1. The lowest BCUT2D eigenvalue weighted by Crippen LogP contribution is -1.97. The van der Waals surface area contributed by atoms with Gasteiger partial charge in [-0.25, -0.2) is 4.98 Å². The van der Waals surface area contributed by atoms with Gasteiger partial charge in [0.2, 0.25) is 0 Å². The molecule has 3 nitrogen and oxygen atoms in total. The predicted octanol–water partition coefficient (Wildman–Crippen LogP) is 4.62. The van der Waals surface area contributed by atoms with Crippen LogP contribution in [0.4, 0.5) is 5.13 Å². The van der Waals surface area contributed by atoms with Crippen molar-refractivity contribution in [1.82, 2.24) is 4.98 Å². The van der Waals surface area contributed by atoms with E-state index in [9.17, 15) is 0 Å². The van der Waals surface area contributed by atoms with Crippen molar-refractivity contribution in [2.45, 2.75) is 6.61 Å². The number of benzene rings is 2. The van der Waals surface area contributed by atoms with E-state index in [2.05, 4.69) is 4.98 Å². The second kappa shape index (κ2) is 6.16. The molecule has 0 amide bonds. The minimum Gasteiger partial charge on any atom is -0.486 e. The molecule has 0 aliphatic rings. The highest BCUT2D eigenvalue weighted by molar-refractivity contribution is 7.13. The van der Waals surface area contributed by atoms with Crippen molar-refractivity contribution in [3.63, 3.8) is 0 Å². The molecule has 2 aromatic carbocycles. The topological polar surface area (TPSA) is 48.1 Å². The Balaban J connectivity index is 1.75. The maximum Gasteiger partial charge on any atom is 0.180 e. The van der Waals surface area contributed by atoms with Crippen LogP contribution in [0.3, 0.4) is 0 Å². The first kappa shape index (κ1) is 13.9. The van der Waals surface area contributed by atoms with Gasteiger partial charge in [0, 0.05) is 5.38 Å². The molecule has 0 aliphatic heterocycles. The molecular weight excluding hydrogens is 304 g/mol. The van der Waals surface area contributed by atoms with Gasteiger partial charge in [0.05, 0.1) is 10.7 Å². The molecule has 106 valence electrons. The summed E-state index contributed by atoms with van der Waals surface area (Å²) in [7, 11) is 0. The number of aromatic nitrogens is 1. The fourth-order valence-corrected chi connectivity index (χ4v) is 2.75. The molecule has 3 rings (SSSR count). The third kappa shape index (κ3) is 3.35. The zero-order valence-electron chi connectivity index (χ0n) is 11.1. The van der Waals surface area contributed by atoms with Crippen LogP contribution in [-0.2, 0) is 6.61 Å². The van der Waals surface area contributed by atoms with E-state index in [0.717, 1.165) is 16.8 Å². The van der Waals surface area contributed by atoms with Crippen LogP contribution in [0, 0.1) is 0 Å². The maximum absolute atomic E-state index is 6.28. The molecular formula is C16H13ClN2OS. The number of ether oxygens (including phenoxy) is 1. The van der Waals surface area contributed by atoms with Crippen molar-refractivity contribution in [3.05, 3.63) is 64.6 Å². The summed E-state index contributed by atoms with van der Waals surface area (Å²) in [5, 5.41) is 3.00. The van der Waals surface area contributed by atoms with Crippen LogP contribution >= 0.6 is 22.9 Å². The van der Waals surface area contributed by atoms with Crippen molar-refractivity contribution >= 4 is 28.1 Å². The van der Waals surface area contributed by atoms with Gasteiger partial charge in [0.1, 0.15) is 12.4 Å². The smallest absolute Gasteiger partial charge is 0.180 e. The minimum absolute atomic E-state index is 0.359. The van der Waals surface area contributed by atoms with Crippen LogP contribution in [0.15, 0.2) is 53.9 Å². The van der Waals surface area contributed by atoms with Gasteiger partial charge in [-0.2, -0.15) is 0 Å². The molecule has 21 heavy (non-hydrogen) atoms. The van der Waals surface area contributed by atoms with Crippen LogP contribution in [0.1, 0.15) is 5.69 Å². The molecule has 1 heterocycles. The second-order valence-electron chi connectivity index (χ2n) is 4.48. The molecule has 0 atom stereocenters. The summed E-state index contributed by atoms with van der Waals surface area (Å²) in [4.78, 5) is 4.15. The summed E-state index contributed by atoms with van der Waals surface area (Å²) in [5.74, 6) is 0.642. The quantitative estimate of drug-likeness (QED) is 0.763. The van der Waals surface area contributed by atoms with Crippen LogP contribution in [-0.4, -0.2) is 4.98 Å². The van der Waals surface area contributed by atoms with Crippen LogP contribution < -0.4 is 10.5 Å². The Morgan fingerprint density at radius 1 is 1.10 bits per heavy atom. The van der Waals surface area contributed by atoms with E-state index < -0.39 is 0 Å². The van der Waals surface area contributed by atoms with Gasteiger partial charge >= 0.3 is 0 Å². The SMILES string of the molecule is Nc1nc(COc2ccc(-c3ccccc3)cc2Cl)cs1. The second-order valence-corrected chi connectivity index (χ2v) is 5.77. The lowest BCUT2D eigenvalue weighted by Gasteiger charge is -2.08. The first-order chi connectivity index (χ1) is 10.2. The molecule has 0 bridgehead atoms. The van der Waals surface area contributed by atoms with E-state index in [0.29, 0.717) is 22.5 Å². The van der Waals surface area contributed by atoms with Gasteiger partial charge < -0.3 is 10.5 Å². The number of anilines is 1. The summed E-state index contributed by atoms with van der Waals surface area (Å²) in [6, 6.07) is 15.9. The standard InChI is InChI=1S/C16H13ClN2OS/c17-14-8-12(11-4-2-1-3-5-11)6-7-15(14)20-9-13-10-21-16(18)19-13/h1-8,10H,9H2,(H2,18,19). The number of nitrogens with zero attached hydrogens (tertiary/aromatic N) is 1. The fraction of sp³-hybridized carbons (Fsp3) is 0.0625. The molecule has 0 radical (unpaired) electrons. The fourth-order valence-electron chi connectivity index (χ4n) is 1.97. The Morgan fingerprint density at radius 2 is 1.90 bits per heavy atom. The molecule has 0 unspecified atom stereocenters. The van der Waals surface area contributed by atoms with E-state index in [4.69, 9.17) is 22.1 Å². The van der Waals surface area contributed by atoms with Gasteiger partial charge in [-0.3, -0.25) is 0 Å². The first-order valence-corrected chi connectivity index (χ1v) is 7.66. The summed E-state index contributed by atoms with van der Waals surface area (Å²) in [6.45, 7) is 0.359. The lowest BCUT2D eigenvalue weighted by atomic mass is 10.1. The van der Waals surface area contributed by atoms with Crippen molar-refractivity contribution < 1.29 is 4.74 Å². The van der Waals surface area contributed by atoms with Crippen molar-refractivity contribution in [3.8, 4) is 16.9 Å². The average Bonchev–Trinajstić information content (AvgIpc) is 2.92. The number of hydrogen-bond acceptors (Lipinski definition) is 4. The van der Waals surface area contributed by atoms with Gasteiger partial charge in [-0.1, -0.05) is 48.0 Å². The first-order valence-electron chi connectivity index (χ1n) is 6.40. The zero-order chi connectivity index (χ0) is 14.7. The molecule has 5 heteroatoms. The van der Waals surface area contributed by atoms with Crippen molar-refractivity contribution in [2.24, 2.45) is 0 Å². The van der Waals surface area contributed by atoms with E-state index in [1.807, 2.05) is 53.9 Å². The number of nitrogens with two attached hydrogens (primary N) is 1. The number of halogens is 1. The number of hydrogen-bond donors (Lipinski definition) is 1. The highest BCUT2D eigenvalue weighted by atomic mass is 35.5. The molecule has 2 N–H and O–H groups in total. The molecule has 1 aromatic heterocycles. The van der Waals surface area contributed by atoms with Gasteiger partial charge in [-0.15, -0.1) is 11.3 Å². The molecule has 0 saturated carbocycles. The largest absolute Gasteiger partial charge is 0.486 e. The highest BCUT2D eigenvalue weighted by Crippen LogP contribution is 2.30. The normalized spacial score (nSPS) is 10.5. The molecule has 3 aromatic rings. The van der Waals surface area contributed by atoms with Gasteiger partial charge in [0.15, 0.2) is 5.13 Å². The Labute approximate surface area is 132 Å². The Bertz CT molecular complexity index is 743. The lowest BCUT2D eigenvalue weighted by molar-refractivity contribution is 0.302. The van der Waals surface area contributed by atoms with E-state index in [1.165, 1.54) is 11.3 Å². The minimum atomic E-state index is 0.359. The summed E-state index contributed by atoms with van der Waals surface area (Å²) in [6.07, 6.45) is 0. The van der Waals surface area contributed by atoms with Crippen LogP contribution in [0.2, 0.25) is 5.02 Å². The molecule has 0 spiro atoms. The predicted molar refractivity (Wildman–Crippen MR) is 87.7 cm³/mol. The van der Waals surface area contributed by atoms with Gasteiger partial charge in [-0.05, 0) is 23.3 Å². The Hall–Kier alpha value is -2.04. The number of rotatable bonds is 4. The van der Waals surface area contributed by atoms with E-state index in [1.54, 1.807) is 0 Å². The molecule has 0 fully saturated rings. The highest BCUT2D eigenvalue weighted by Gasteiger charge is 2.06. The number of thiazole rings is 1. The summed E-state index contributed by atoms with van der Waals surface area (Å²) in [5.41, 5.74) is 8.58. The Morgan fingerprint density at radius 3 is 2.57 bits per heavy atom. The third-order valence-corrected chi connectivity index (χ3v) is 4.00. The average molecular weight is 317 g/mol. The van der Waals surface area contributed by atoms with Crippen molar-refractivity contribution in [2.75, 3.05) is 5.73 Å². The van der Waals surface area contributed by atoms with Crippen LogP contribution in [0.25, 0.3) is 11.1 Å². The maximum atomic E-state index is 6.28. The summed E-state index contributed by atoms with van der Waals surface area (Å²) >= 11 is 7.68. The molecule has 0 saturated heterocycles. The van der Waals surface area contributed by atoms with E-state index >= 15 is 0 Å². The monoisotopic (exact) mass is 316 g/mol.